The molecule has 0 aromatic heterocycles. The molecule has 1 aliphatic carbocycles. The molecule has 0 amide bonds. The maximum Gasteiger partial charge on any atom is 0.327 e. The molecule has 0 spiro atoms. The van der Waals surface area contributed by atoms with E-state index in [1.807, 2.05) is 0 Å². The second-order valence-electron chi connectivity index (χ2n) is 2.22. The molecular weight excluding hydrogens is 215 g/mol. The highest BCUT2D eigenvalue weighted by Gasteiger charge is 2.41. The molecule has 0 saturated carbocycles. The van der Waals surface area contributed by atoms with Crippen LogP contribution in [0.5, 0.6) is 0 Å². The van der Waals surface area contributed by atoms with Gasteiger partial charge in [0, 0.05) is 0 Å². The van der Waals surface area contributed by atoms with E-state index in [2.05, 4.69) is 15.9 Å². The van der Waals surface area contributed by atoms with Crippen LogP contribution in [0.25, 0.3) is 0 Å². The van der Waals surface area contributed by atoms with Gasteiger partial charge in [-0.1, -0.05) is 34.2 Å². The van der Waals surface area contributed by atoms with Gasteiger partial charge >= 0.3 is 5.97 Å². The second-order valence-corrected chi connectivity index (χ2v) is 3.53. The highest BCUT2D eigenvalue weighted by atomic mass is 79.9. The lowest BCUT2D eigenvalue weighted by atomic mass is 9.99. The Hall–Kier alpha value is -0.640. The van der Waals surface area contributed by atoms with Crippen LogP contribution >= 0.6 is 15.9 Å². The average Bonchev–Trinajstić information content (AvgIpc) is 1.95. The number of hydrogen-bond donors (Lipinski definition) is 1. The van der Waals surface area contributed by atoms with Crippen LogP contribution in [0.3, 0.4) is 0 Å². The van der Waals surface area contributed by atoms with Gasteiger partial charge in [-0.15, -0.1) is 0 Å². The SMILES string of the molecule is O=C(O)[C@]1(Br)C=CC=C[C@@H]1F. The van der Waals surface area contributed by atoms with Crippen LogP contribution in [0, 0.1) is 0 Å². The fourth-order valence-corrected chi connectivity index (χ4v) is 1.08. The number of halogens is 2. The molecule has 0 radical (unpaired) electrons. The highest BCUT2D eigenvalue weighted by Crippen LogP contribution is 2.30. The van der Waals surface area contributed by atoms with Crippen molar-refractivity contribution in [3.63, 3.8) is 0 Å². The monoisotopic (exact) mass is 220 g/mol. The van der Waals surface area contributed by atoms with E-state index in [-0.39, 0.29) is 0 Å². The minimum absolute atomic E-state index is 1.20. The van der Waals surface area contributed by atoms with E-state index in [4.69, 9.17) is 5.11 Å². The summed E-state index contributed by atoms with van der Waals surface area (Å²) in [6.07, 6.45) is 3.94. The molecule has 1 rings (SSSR count). The first-order chi connectivity index (χ1) is 5.07. The second kappa shape index (κ2) is 2.77. The van der Waals surface area contributed by atoms with Gasteiger partial charge in [0.2, 0.25) is 0 Å². The van der Waals surface area contributed by atoms with Crippen LogP contribution in [0.4, 0.5) is 4.39 Å². The molecule has 0 unspecified atom stereocenters. The third-order valence-corrected chi connectivity index (χ3v) is 2.50. The molecule has 0 aromatic carbocycles. The molecule has 0 fully saturated rings. The molecule has 0 aliphatic heterocycles. The average molecular weight is 221 g/mol. The molecule has 0 bridgehead atoms. The maximum absolute atomic E-state index is 12.9. The van der Waals surface area contributed by atoms with E-state index < -0.39 is 16.5 Å². The summed E-state index contributed by atoms with van der Waals surface area (Å²) in [6, 6.07) is 0. The molecule has 2 atom stereocenters. The van der Waals surface area contributed by atoms with E-state index in [9.17, 15) is 9.18 Å². The molecule has 0 aromatic rings. The Kier molecular flexibility index (Phi) is 2.13. The van der Waals surface area contributed by atoms with Gasteiger partial charge in [0.05, 0.1) is 0 Å². The first kappa shape index (κ1) is 8.46. The third-order valence-electron chi connectivity index (χ3n) is 1.46. The zero-order valence-electron chi connectivity index (χ0n) is 5.50. The molecule has 60 valence electrons. The Morgan fingerprint density at radius 1 is 1.64 bits per heavy atom. The summed E-state index contributed by atoms with van der Waals surface area (Å²) in [4.78, 5) is 10.5. The predicted molar refractivity (Wildman–Crippen MR) is 42.5 cm³/mol. The summed E-state index contributed by atoms with van der Waals surface area (Å²) in [6.45, 7) is 0. The number of allylic oxidation sites excluding steroid dienone is 3. The Morgan fingerprint density at radius 2 is 2.27 bits per heavy atom. The van der Waals surface area contributed by atoms with Crippen LogP contribution in [0.1, 0.15) is 0 Å². The summed E-state index contributed by atoms with van der Waals surface area (Å²) < 4.78 is 11.3. The van der Waals surface area contributed by atoms with Crippen molar-refractivity contribution in [3.05, 3.63) is 24.3 Å². The third kappa shape index (κ3) is 1.35. The topological polar surface area (TPSA) is 37.3 Å². The number of hydrogen-bond acceptors (Lipinski definition) is 1. The number of carboxylic acid groups (broad SMARTS) is 1. The predicted octanol–water partition coefficient (Wildman–Crippen LogP) is 1.67. The fourth-order valence-electron chi connectivity index (χ4n) is 0.779. The zero-order chi connectivity index (χ0) is 8.48. The van der Waals surface area contributed by atoms with Crippen LogP contribution in [-0.2, 0) is 4.79 Å². The van der Waals surface area contributed by atoms with E-state index in [0.717, 1.165) is 0 Å². The van der Waals surface area contributed by atoms with Crippen molar-refractivity contribution in [2.45, 2.75) is 10.5 Å². The maximum atomic E-state index is 12.9. The number of carboxylic acids is 1. The minimum atomic E-state index is -1.57. The van der Waals surface area contributed by atoms with E-state index in [0.29, 0.717) is 0 Å². The summed E-state index contributed by atoms with van der Waals surface area (Å²) in [5.41, 5.74) is 0. The van der Waals surface area contributed by atoms with Gasteiger partial charge < -0.3 is 5.11 Å². The number of alkyl halides is 2. The molecule has 1 aliphatic rings. The summed E-state index contributed by atoms with van der Waals surface area (Å²) in [5.74, 6) is -1.22. The van der Waals surface area contributed by atoms with Crippen LogP contribution in [-0.4, -0.2) is 21.6 Å². The zero-order valence-corrected chi connectivity index (χ0v) is 7.08. The molecule has 0 saturated heterocycles. The van der Waals surface area contributed by atoms with E-state index >= 15 is 0 Å². The molecule has 0 heterocycles. The van der Waals surface area contributed by atoms with E-state index in [1.54, 1.807) is 0 Å². The van der Waals surface area contributed by atoms with Gasteiger partial charge in [0.25, 0.3) is 0 Å². The van der Waals surface area contributed by atoms with Crippen molar-refractivity contribution >= 4 is 21.9 Å². The molecule has 11 heavy (non-hydrogen) atoms. The Morgan fingerprint density at radius 3 is 2.64 bits per heavy atom. The molecule has 1 N–H and O–H groups in total. The van der Waals surface area contributed by atoms with Crippen molar-refractivity contribution in [3.8, 4) is 0 Å². The number of rotatable bonds is 1. The Labute approximate surface area is 71.5 Å². The van der Waals surface area contributed by atoms with Gasteiger partial charge in [-0.25, -0.2) is 4.39 Å². The highest BCUT2D eigenvalue weighted by molar-refractivity contribution is 9.10. The van der Waals surface area contributed by atoms with Crippen molar-refractivity contribution in [2.24, 2.45) is 0 Å². The van der Waals surface area contributed by atoms with Gasteiger partial charge in [0.1, 0.15) is 6.17 Å². The van der Waals surface area contributed by atoms with E-state index in [1.165, 1.54) is 24.3 Å². The molecular formula is C7H6BrFO2. The van der Waals surface area contributed by atoms with Gasteiger partial charge in [0.15, 0.2) is 4.32 Å². The smallest absolute Gasteiger partial charge is 0.327 e. The van der Waals surface area contributed by atoms with Crippen molar-refractivity contribution in [1.29, 1.82) is 0 Å². The Balaban J connectivity index is 2.94. The van der Waals surface area contributed by atoms with Crippen LogP contribution < -0.4 is 0 Å². The van der Waals surface area contributed by atoms with Crippen LogP contribution in [0.2, 0.25) is 0 Å². The number of carbonyl (C=O) groups is 1. The Bertz CT molecular complexity index is 237. The van der Waals surface area contributed by atoms with Gasteiger partial charge in [-0.05, 0) is 6.08 Å². The van der Waals surface area contributed by atoms with Crippen LogP contribution in [0.15, 0.2) is 24.3 Å². The lowest BCUT2D eigenvalue weighted by Crippen LogP contribution is -2.39. The largest absolute Gasteiger partial charge is 0.480 e. The lowest BCUT2D eigenvalue weighted by molar-refractivity contribution is -0.139. The summed E-state index contributed by atoms with van der Waals surface area (Å²) in [7, 11) is 0. The van der Waals surface area contributed by atoms with Crippen molar-refractivity contribution in [1.82, 2.24) is 0 Å². The molecule has 2 nitrogen and oxygen atoms in total. The standard InChI is InChI=1S/C7H6BrFO2/c8-7(6(10)11)4-2-1-3-5(7)9/h1-5H,(H,10,11)/t5-,7-/m0/s1. The van der Waals surface area contributed by atoms with Crippen molar-refractivity contribution < 1.29 is 14.3 Å². The van der Waals surface area contributed by atoms with Crippen molar-refractivity contribution in [2.75, 3.05) is 0 Å². The first-order valence-corrected chi connectivity index (χ1v) is 3.79. The fraction of sp³-hybridized carbons (Fsp3) is 0.286. The normalized spacial score (nSPS) is 35.6. The molecule has 4 heteroatoms. The first-order valence-electron chi connectivity index (χ1n) is 3.00. The summed E-state index contributed by atoms with van der Waals surface area (Å²) >= 11 is 2.81. The lowest BCUT2D eigenvalue weighted by Gasteiger charge is -2.22. The van der Waals surface area contributed by atoms with Gasteiger partial charge in [-0.3, -0.25) is 4.79 Å². The minimum Gasteiger partial charge on any atom is -0.480 e. The summed E-state index contributed by atoms with van der Waals surface area (Å²) in [5, 5.41) is 8.60. The number of aliphatic carboxylic acids is 1. The van der Waals surface area contributed by atoms with Gasteiger partial charge in [-0.2, -0.15) is 0 Å². The quantitative estimate of drug-likeness (QED) is 0.683.